The van der Waals surface area contributed by atoms with Crippen LogP contribution in [-0.4, -0.2) is 32.8 Å². The molecule has 0 bridgehead atoms. The fourth-order valence-corrected chi connectivity index (χ4v) is 1.67. The van der Waals surface area contributed by atoms with Crippen LogP contribution in [-0.2, 0) is 4.74 Å². The molecule has 0 amide bonds. The number of aromatic carboxylic acids is 1. The Labute approximate surface area is 102 Å². The standard InChI is InChI=1S/C11H10N4O3/c1-6(18-2)10-8(11(16)17)5-13-9-3-7(4-12)14-15(9)10/h3,5-6H,1-2H3,(H,16,17). The van der Waals surface area contributed by atoms with Crippen molar-refractivity contribution in [3.63, 3.8) is 0 Å². The van der Waals surface area contributed by atoms with Gasteiger partial charge in [0.2, 0.25) is 0 Å². The Morgan fingerprint density at radius 1 is 1.67 bits per heavy atom. The van der Waals surface area contributed by atoms with Gasteiger partial charge in [0.05, 0.1) is 11.8 Å². The lowest BCUT2D eigenvalue weighted by atomic mass is 10.1. The van der Waals surface area contributed by atoms with Gasteiger partial charge in [0, 0.05) is 19.4 Å². The van der Waals surface area contributed by atoms with Gasteiger partial charge in [-0.1, -0.05) is 0 Å². The van der Waals surface area contributed by atoms with Crippen molar-refractivity contribution in [1.82, 2.24) is 14.6 Å². The van der Waals surface area contributed by atoms with Crippen LogP contribution in [0.2, 0.25) is 0 Å². The van der Waals surface area contributed by atoms with E-state index in [0.29, 0.717) is 11.3 Å². The van der Waals surface area contributed by atoms with E-state index < -0.39 is 12.1 Å². The minimum atomic E-state index is -1.11. The molecule has 2 aromatic heterocycles. The molecule has 2 rings (SSSR count). The molecule has 1 unspecified atom stereocenters. The first kappa shape index (κ1) is 12.0. The van der Waals surface area contributed by atoms with E-state index in [9.17, 15) is 4.79 Å². The van der Waals surface area contributed by atoms with Crippen LogP contribution in [0.1, 0.15) is 34.8 Å². The van der Waals surface area contributed by atoms with Crippen LogP contribution in [0.4, 0.5) is 0 Å². The second-order valence-electron chi connectivity index (χ2n) is 3.65. The van der Waals surface area contributed by atoms with Crippen molar-refractivity contribution >= 4 is 11.6 Å². The van der Waals surface area contributed by atoms with Gasteiger partial charge in [-0.25, -0.2) is 14.3 Å². The van der Waals surface area contributed by atoms with Crippen molar-refractivity contribution in [1.29, 1.82) is 5.26 Å². The highest BCUT2D eigenvalue weighted by Gasteiger charge is 2.21. The maximum absolute atomic E-state index is 11.2. The Morgan fingerprint density at radius 3 is 2.94 bits per heavy atom. The summed E-state index contributed by atoms with van der Waals surface area (Å²) in [7, 11) is 1.47. The smallest absolute Gasteiger partial charge is 0.339 e. The van der Waals surface area contributed by atoms with Gasteiger partial charge >= 0.3 is 5.97 Å². The summed E-state index contributed by atoms with van der Waals surface area (Å²) in [5.74, 6) is -1.11. The zero-order valence-corrected chi connectivity index (χ0v) is 9.78. The van der Waals surface area contributed by atoms with Gasteiger partial charge in [0.1, 0.15) is 11.6 Å². The Kier molecular flexibility index (Phi) is 2.95. The number of ether oxygens (including phenoxy) is 1. The number of aromatic nitrogens is 3. The van der Waals surface area contributed by atoms with E-state index in [0.717, 1.165) is 0 Å². The summed E-state index contributed by atoms with van der Waals surface area (Å²) < 4.78 is 6.47. The molecule has 0 aliphatic carbocycles. The van der Waals surface area contributed by atoms with Crippen molar-refractivity contribution in [3.05, 3.63) is 29.2 Å². The van der Waals surface area contributed by atoms with E-state index >= 15 is 0 Å². The first-order valence-corrected chi connectivity index (χ1v) is 5.13. The number of rotatable bonds is 3. The number of carboxylic acid groups (broad SMARTS) is 1. The number of hydrogen-bond acceptors (Lipinski definition) is 5. The lowest BCUT2D eigenvalue weighted by molar-refractivity contribution is 0.0678. The third-order valence-corrected chi connectivity index (χ3v) is 2.60. The molecule has 0 spiro atoms. The average molecular weight is 246 g/mol. The van der Waals surface area contributed by atoms with Crippen LogP contribution in [0.25, 0.3) is 5.65 Å². The first-order chi connectivity index (χ1) is 8.58. The summed E-state index contributed by atoms with van der Waals surface area (Å²) in [6.45, 7) is 1.70. The Bertz CT molecular complexity index is 656. The molecule has 0 aromatic carbocycles. The van der Waals surface area contributed by atoms with E-state index in [-0.39, 0.29) is 11.3 Å². The predicted octanol–water partition coefficient (Wildman–Crippen LogP) is 1.01. The number of fused-ring (bicyclic) bond motifs is 1. The van der Waals surface area contributed by atoms with Crippen molar-refractivity contribution in [3.8, 4) is 6.07 Å². The molecule has 7 nitrogen and oxygen atoms in total. The van der Waals surface area contributed by atoms with Crippen LogP contribution >= 0.6 is 0 Å². The topological polar surface area (TPSA) is 101 Å². The van der Waals surface area contributed by atoms with E-state index in [1.54, 1.807) is 6.92 Å². The monoisotopic (exact) mass is 246 g/mol. The highest BCUT2D eigenvalue weighted by atomic mass is 16.5. The maximum Gasteiger partial charge on any atom is 0.339 e. The zero-order chi connectivity index (χ0) is 13.3. The molecule has 0 aliphatic rings. The minimum Gasteiger partial charge on any atom is -0.478 e. The second kappa shape index (κ2) is 4.43. The van der Waals surface area contributed by atoms with Crippen molar-refractivity contribution in [2.24, 2.45) is 0 Å². The van der Waals surface area contributed by atoms with E-state index in [1.807, 2.05) is 6.07 Å². The summed E-state index contributed by atoms with van der Waals surface area (Å²) in [6.07, 6.45) is 0.763. The van der Waals surface area contributed by atoms with E-state index in [2.05, 4.69) is 10.1 Å². The van der Waals surface area contributed by atoms with Gasteiger partial charge in [0.15, 0.2) is 11.3 Å². The van der Waals surface area contributed by atoms with Gasteiger partial charge in [-0.2, -0.15) is 10.4 Å². The molecule has 1 atom stereocenters. The van der Waals surface area contributed by atoms with Crippen LogP contribution in [0.5, 0.6) is 0 Å². The van der Waals surface area contributed by atoms with Gasteiger partial charge in [-0.15, -0.1) is 0 Å². The number of carboxylic acids is 1. The Morgan fingerprint density at radius 2 is 2.39 bits per heavy atom. The normalized spacial score (nSPS) is 12.3. The Balaban J connectivity index is 2.80. The molecule has 0 aliphatic heterocycles. The molecular weight excluding hydrogens is 236 g/mol. The van der Waals surface area contributed by atoms with Crippen molar-refractivity contribution in [2.75, 3.05) is 7.11 Å². The quantitative estimate of drug-likeness (QED) is 0.867. The van der Waals surface area contributed by atoms with Crippen LogP contribution in [0.15, 0.2) is 12.3 Å². The van der Waals surface area contributed by atoms with Crippen LogP contribution < -0.4 is 0 Å². The zero-order valence-electron chi connectivity index (χ0n) is 9.78. The summed E-state index contributed by atoms with van der Waals surface area (Å²) in [5, 5.41) is 21.9. The van der Waals surface area contributed by atoms with Crippen molar-refractivity contribution < 1.29 is 14.6 Å². The number of methoxy groups -OCH3 is 1. The number of carbonyl (C=O) groups is 1. The molecular formula is C11H10N4O3. The van der Waals surface area contributed by atoms with Gasteiger partial charge in [0.25, 0.3) is 0 Å². The molecule has 18 heavy (non-hydrogen) atoms. The fraction of sp³-hybridized carbons (Fsp3) is 0.273. The maximum atomic E-state index is 11.2. The van der Waals surface area contributed by atoms with Gasteiger partial charge in [-0.05, 0) is 6.92 Å². The van der Waals surface area contributed by atoms with Crippen LogP contribution in [0, 0.1) is 11.3 Å². The van der Waals surface area contributed by atoms with Gasteiger partial charge in [-0.3, -0.25) is 0 Å². The molecule has 2 heterocycles. The summed E-state index contributed by atoms with van der Waals surface area (Å²) in [4.78, 5) is 15.1. The number of nitriles is 1. The molecule has 0 radical (unpaired) electrons. The number of hydrogen-bond donors (Lipinski definition) is 1. The molecule has 0 saturated heterocycles. The predicted molar refractivity (Wildman–Crippen MR) is 60.1 cm³/mol. The highest BCUT2D eigenvalue weighted by Crippen LogP contribution is 2.21. The lowest BCUT2D eigenvalue weighted by Crippen LogP contribution is -2.14. The third-order valence-electron chi connectivity index (χ3n) is 2.60. The summed E-state index contributed by atoms with van der Waals surface area (Å²) in [5.41, 5.74) is 0.950. The SMILES string of the molecule is COC(C)c1c(C(=O)O)cnc2cc(C#N)nn12. The molecule has 0 fully saturated rings. The largest absolute Gasteiger partial charge is 0.478 e. The van der Waals surface area contributed by atoms with E-state index in [1.165, 1.54) is 23.9 Å². The Hall–Kier alpha value is -2.46. The molecule has 0 saturated carbocycles. The minimum absolute atomic E-state index is 0.00411. The lowest BCUT2D eigenvalue weighted by Gasteiger charge is -2.13. The fourth-order valence-electron chi connectivity index (χ4n) is 1.67. The molecule has 92 valence electrons. The second-order valence-corrected chi connectivity index (χ2v) is 3.65. The molecule has 7 heteroatoms. The average Bonchev–Trinajstić information content (AvgIpc) is 2.79. The molecule has 2 aromatic rings. The van der Waals surface area contributed by atoms with Gasteiger partial charge < -0.3 is 9.84 Å². The number of nitrogens with zero attached hydrogens (tertiary/aromatic N) is 4. The molecule has 1 N–H and O–H groups in total. The highest BCUT2D eigenvalue weighted by molar-refractivity contribution is 5.89. The van der Waals surface area contributed by atoms with Crippen LogP contribution in [0.3, 0.4) is 0 Å². The van der Waals surface area contributed by atoms with E-state index in [4.69, 9.17) is 15.1 Å². The third kappa shape index (κ3) is 1.78. The van der Waals surface area contributed by atoms with Crippen molar-refractivity contribution in [2.45, 2.75) is 13.0 Å². The first-order valence-electron chi connectivity index (χ1n) is 5.13. The summed E-state index contributed by atoms with van der Waals surface area (Å²) >= 11 is 0. The summed E-state index contributed by atoms with van der Waals surface area (Å²) in [6, 6.07) is 3.37.